The Labute approximate surface area is 209 Å². The van der Waals surface area contributed by atoms with Gasteiger partial charge < -0.3 is 15.5 Å². The Hall–Kier alpha value is -3.13. The van der Waals surface area contributed by atoms with Crippen LogP contribution >= 0.6 is 15.9 Å². The minimum Gasteiger partial charge on any atom is -0.315 e. The molecule has 34 heavy (non-hydrogen) atoms. The first-order valence-corrected chi connectivity index (χ1v) is 12.1. The van der Waals surface area contributed by atoms with Gasteiger partial charge in [-0.1, -0.05) is 67.4 Å². The van der Waals surface area contributed by atoms with E-state index in [1.165, 1.54) is 4.90 Å². The zero-order chi connectivity index (χ0) is 24.9. The summed E-state index contributed by atoms with van der Waals surface area (Å²) in [6.45, 7) is 10.6. The van der Waals surface area contributed by atoms with E-state index in [0.717, 1.165) is 27.8 Å². The molecule has 3 rings (SSSR count). The first kappa shape index (κ1) is 25.5. The molecule has 0 unspecified atom stereocenters. The highest BCUT2D eigenvalue weighted by atomic mass is 79.9. The molecule has 3 amide bonds. The lowest BCUT2D eigenvalue weighted by Crippen LogP contribution is -2.41. The number of urea groups is 1. The molecule has 2 N–H and O–H groups in total. The zero-order valence-electron chi connectivity index (χ0n) is 20.4. The number of hydrogen-bond donors (Lipinski definition) is 2. The lowest BCUT2D eigenvalue weighted by molar-refractivity contribution is -0.116. The van der Waals surface area contributed by atoms with Gasteiger partial charge in [0.2, 0.25) is 5.91 Å². The Bertz CT molecular complexity index is 1150. The smallest absolute Gasteiger partial charge is 0.315 e. The first-order valence-electron chi connectivity index (χ1n) is 11.4. The quantitative estimate of drug-likeness (QED) is 0.389. The fourth-order valence-corrected chi connectivity index (χ4v) is 3.77. The molecular formula is C26H32BrN5O2. The fourth-order valence-electron chi connectivity index (χ4n) is 3.37. The van der Waals surface area contributed by atoms with Crippen LogP contribution in [0.2, 0.25) is 0 Å². The topological polar surface area (TPSA) is 79.3 Å². The number of hydrogen-bond acceptors (Lipinski definition) is 3. The Morgan fingerprint density at radius 1 is 1.06 bits per heavy atom. The Balaban J connectivity index is 1.79. The van der Waals surface area contributed by atoms with Crippen molar-refractivity contribution in [3.8, 4) is 5.69 Å². The molecule has 0 aliphatic carbocycles. The summed E-state index contributed by atoms with van der Waals surface area (Å²) >= 11 is 3.41. The molecule has 0 spiro atoms. The average Bonchev–Trinajstić information content (AvgIpc) is 3.18. The third-order valence-electron chi connectivity index (χ3n) is 5.21. The van der Waals surface area contributed by atoms with Crippen LogP contribution in [0.15, 0.2) is 59.1 Å². The number of halogens is 1. The summed E-state index contributed by atoms with van der Waals surface area (Å²) in [6.07, 6.45) is 0.731. The minimum absolute atomic E-state index is 0.0718. The maximum Gasteiger partial charge on any atom is 0.322 e. The number of amides is 3. The Morgan fingerprint density at radius 3 is 2.38 bits per heavy atom. The summed E-state index contributed by atoms with van der Waals surface area (Å²) in [4.78, 5) is 27.4. The lowest BCUT2D eigenvalue weighted by atomic mass is 9.92. The van der Waals surface area contributed by atoms with Gasteiger partial charge in [-0.05, 0) is 43.7 Å². The van der Waals surface area contributed by atoms with E-state index in [1.54, 1.807) is 10.7 Å². The number of aromatic nitrogens is 2. The maximum atomic E-state index is 13.0. The van der Waals surface area contributed by atoms with Gasteiger partial charge in [-0.3, -0.25) is 4.79 Å². The molecule has 0 atom stereocenters. The normalized spacial score (nSPS) is 11.2. The Morgan fingerprint density at radius 2 is 1.76 bits per heavy atom. The van der Waals surface area contributed by atoms with Gasteiger partial charge in [-0.2, -0.15) is 5.10 Å². The molecule has 1 aromatic heterocycles. The largest absolute Gasteiger partial charge is 0.322 e. The van der Waals surface area contributed by atoms with E-state index in [9.17, 15) is 9.59 Å². The molecule has 0 bridgehead atoms. The molecule has 0 saturated carbocycles. The fraction of sp³-hybridized carbons (Fsp3) is 0.346. The summed E-state index contributed by atoms with van der Waals surface area (Å²) in [5.41, 5.74) is 3.33. The predicted molar refractivity (Wildman–Crippen MR) is 141 cm³/mol. The molecule has 0 aliphatic heterocycles. The van der Waals surface area contributed by atoms with Crippen LogP contribution < -0.4 is 10.6 Å². The third kappa shape index (κ3) is 6.70. The molecule has 0 saturated heterocycles. The number of benzene rings is 2. The van der Waals surface area contributed by atoms with Crippen molar-refractivity contribution < 1.29 is 9.59 Å². The van der Waals surface area contributed by atoms with Gasteiger partial charge in [0.05, 0.1) is 11.4 Å². The van der Waals surface area contributed by atoms with Gasteiger partial charge in [-0.15, -0.1) is 0 Å². The summed E-state index contributed by atoms with van der Waals surface area (Å²) in [6, 6.07) is 16.9. The summed E-state index contributed by atoms with van der Waals surface area (Å²) < 4.78 is 2.60. The molecule has 3 aromatic rings. The molecule has 0 aliphatic rings. The van der Waals surface area contributed by atoms with E-state index in [2.05, 4.69) is 47.3 Å². The van der Waals surface area contributed by atoms with E-state index >= 15 is 0 Å². The zero-order valence-corrected chi connectivity index (χ0v) is 21.9. The van der Waals surface area contributed by atoms with Crippen LogP contribution in [0.3, 0.4) is 0 Å². The number of anilines is 2. The van der Waals surface area contributed by atoms with E-state index in [4.69, 9.17) is 5.10 Å². The average molecular weight is 526 g/mol. The van der Waals surface area contributed by atoms with Crippen molar-refractivity contribution in [1.82, 2.24) is 14.7 Å². The second kappa shape index (κ2) is 10.9. The molecular weight excluding hydrogens is 494 g/mol. The number of carbonyl (C=O) groups is 2. The second-order valence-corrected chi connectivity index (χ2v) is 10.2. The van der Waals surface area contributed by atoms with Crippen LogP contribution in [0.4, 0.5) is 16.3 Å². The first-order chi connectivity index (χ1) is 16.1. The highest BCUT2D eigenvalue weighted by Gasteiger charge is 2.23. The van der Waals surface area contributed by atoms with E-state index in [0.29, 0.717) is 18.1 Å². The molecule has 8 heteroatoms. The van der Waals surface area contributed by atoms with Gasteiger partial charge in [0.1, 0.15) is 12.4 Å². The van der Waals surface area contributed by atoms with Crippen LogP contribution in [0.25, 0.3) is 5.69 Å². The number of nitrogens with zero attached hydrogens (tertiary/aromatic N) is 3. The van der Waals surface area contributed by atoms with Gasteiger partial charge in [0.15, 0.2) is 0 Å². The molecule has 2 aromatic carbocycles. The summed E-state index contributed by atoms with van der Waals surface area (Å²) in [5, 5.41) is 10.6. The molecule has 1 heterocycles. The van der Waals surface area contributed by atoms with Gasteiger partial charge in [-0.25, -0.2) is 9.48 Å². The standard InChI is InChI=1S/C26H32BrN5O2/c1-6-14-31(25(34)28-20-9-7-8-19(27)15-20)17-24(33)29-23-16-22(26(3,4)5)30-32(23)21-12-10-18(2)11-13-21/h7-13,15-16H,6,14,17H2,1-5H3,(H,28,34)(H,29,33). The van der Waals surface area contributed by atoms with Gasteiger partial charge in [0, 0.05) is 28.2 Å². The van der Waals surface area contributed by atoms with Crippen LogP contribution in [-0.4, -0.2) is 39.7 Å². The van der Waals surface area contributed by atoms with Crippen molar-refractivity contribution >= 4 is 39.4 Å². The van der Waals surface area contributed by atoms with Crippen LogP contribution in [0.1, 0.15) is 45.4 Å². The highest BCUT2D eigenvalue weighted by Crippen LogP contribution is 2.26. The molecule has 0 fully saturated rings. The van der Waals surface area contributed by atoms with Crippen molar-refractivity contribution in [2.75, 3.05) is 23.7 Å². The SMILES string of the molecule is CCCN(CC(=O)Nc1cc(C(C)(C)C)nn1-c1ccc(C)cc1)C(=O)Nc1cccc(Br)c1. The van der Waals surface area contributed by atoms with E-state index in [-0.39, 0.29) is 23.9 Å². The van der Waals surface area contributed by atoms with E-state index in [1.807, 2.05) is 62.4 Å². The number of carbonyl (C=O) groups excluding carboxylic acids is 2. The molecule has 7 nitrogen and oxygen atoms in total. The Kier molecular flexibility index (Phi) is 8.15. The second-order valence-electron chi connectivity index (χ2n) is 9.32. The summed E-state index contributed by atoms with van der Waals surface area (Å²) in [5.74, 6) is 0.286. The monoisotopic (exact) mass is 525 g/mol. The van der Waals surface area contributed by atoms with Gasteiger partial charge in [0.25, 0.3) is 0 Å². The lowest BCUT2D eigenvalue weighted by Gasteiger charge is -2.22. The highest BCUT2D eigenvalue weighted by molar-refractivity contribution is 9.10. The van der Waals surface area contributed by atoms with Crippen LogP contribution in [0, 0.1) is 6.92 Å². The number of aryl methyl sites for hydroxylation is 1. The van der Waals surface area contributed by atoms with Crippen molar-refractivity contribution in [2.24, 2.45) is 0 Å². The third-order valence-corrected chi connectivity index (χ3v) is 5.71. The summed E-state index contributed by atoms with van der Waals surface area (Å²) in [7, 11) is 0. The van der Waals surface area contributed by atoms with Gasteiger partial charge >= 0.3 is 6.03 Å². The van der Waals surface area contributed by atoms with Crippen molar-refractivity contribution in [3.05, 3.63) is 70.3 Å². The van der Waals surface area contributed by atoms with Crippen LogP contribution in [0.5, 0.6) is 0 Å². The number of rotatable bonds is 7. The minimum atomic E-state index is -0.322. The van der Waals surface area contributed by atoms with Crippen molar-refractivity contribution in [1.29, 1.82) is 0 Å². The number of nitrogens with one attached hydrogen (secondary N) is 2. The maximum absolute atomic E-state index is 13.0. The van der Waals surface area contributed by atoms with E-state index < -0.39 is 0 Å². The van der Waals surface area contributed by atoms with Crippen molar-refractivity contribution in [3.63, 3.8) is 0 Å². The van der Waals surface area contributed by atoms with Crippen molar-refractivity contribution in [2.45, 2.75) is 46.5 Å². The molecule has 0 radical (unpaired) electrons. The molecule has 180 valence electrons. The van der Waals surface area contributed by atoms with Crippen LogP contribution in [-0.2, 0) is 10.2 Å². The predicted octanol–water partition coefficient (Wildman–Crippen LogP) is 6.12.